The second-order valence-corrected chi connectivity index (χ2v) is 7.74. The van der Waals surface area contributed by atoms with Crippen molar-refractivity contribution in [2.45, 2.75) is 32.1 Å². The Hall–Kier alpha value is -1.92. The van der Waals surface area contributed by atoms with E-state index in [0.717, 1.165) is 64.5 Å². The van der Waals surface area contributed by atoms with Crippen LogP contribution in [0, 0.1) is 5.92 Å². The standard InChI is InChI=1S/C22H32N2O4/c1-27-20-7-5-19(6-8-20)21(25)3-2-4-22(26)24-11-9-18(10-12-24)17-23-13-15-28-16-14-23/h5-8,18H,2-4,9-17H2,1H3. The van der Waals surface area contributed by atoms with Crippen LogP contribution in [0.4, 0.5) is 0 Å². The molecular formula is C22H32N2O4. The summed E-state index contributed by atoms with van der Waals surface area (Å²) in [5.74, 6) is 1.69. The van der Waals surface area contributed by atoms with Gasteiger partial charge >= 0.3 is 0 Å². The lowest BCUT2D eigenvalue weighted by Gasteiger charge is -2.36. The molecule has 2 aliphatic rings. The number of Topliss-reactive ketones (excluding diaryl/α,β-unsaturated/α-hetero) is 1. The van der Waals surface area contributed by atoms with E-state index in [1.165, 1.54) is 0 Å². The topological polar surface area (TPSA) is 59.1 Å². The van der Waals surface area contributed by atoms with Crippen LogP contribution in [0.5, 0.6) is 5.75 Å². The maximum Gasteiger partial charge on any atom is 0.222 e. The summed E-state index contributed by atoms with van der Waals surface area (Å²) < 4.78 is 10.5. The number of morpholine rings is 1. The van der Waals surface area contributed by atoms with E-state index in [1.54, 1.807) is 31.4 Å². The lowest BCUT2D eigenvalue weighted by molar-refractivity contribution is -0.132. The normalized spacial score (nSPS) is 18.8. The van der Waals surface area contributed by atoms with E-state index in [1.807, 2.05) is 4.90 Å². The number of carbonyl (C=O) groups excluding carboxylic acids is 2. The molecule has 0 unspecified atom stereocenters. The van der Waals surface area contributed by atoms with Gasteiger partial charge in [-0.1, -0.05) is 0 Å². The minimum Gasteiger partial charge on any atom is -0.497 e. The molecule has 6 nitrogen and oxygen atoms in total. The summed E-state index contributed by atoms with van der Waals surface area (Å²) in [6, 6.07) is 7.14. The predicted octanol–water partition coefficient (Wildman–Crippen LogP) is 2.62. The van der Waals surface area contributed by atoms with E-state index in [2.05, 4.69) is 4.90 Å². The summed E-state index contributed by atoms with van der Waals surface area (Å²) in [6.07, 6.45) is 3.63. The molecule has 0 aliphatic carbocycles. The third-order valence-corrected chi connectivity index (χ3v) is 5.79. The number of amides is 1. The second kappa shape index (κ2) is 10.6. The van der Waals surface area contributed by atoms with Gasteiger partial charge in [0.1, 0.15) is 5.75 Å². The molecular weight excluding hydrogens is 356 g/mol. The van der Waals surface area contributed by atoms with Gasteiger partial charge in [0.2, 0.25) is 5.91 Å². The van der Waals surface area contributed by atoms with Crippen molar-refractivity contribution >= 4 is 11.7 Å². The Labute approximate surface area is 167 Å². The SMILES string of the molecule is COc1ccc(C(=O)CCCC(=O)N2CCC(CN3CCOCC3)CC2)cc1. The number of piperidine rings is 1. The van der Waals surface area contributed by atoms with Crippen LogP contribution in [-0.4, -0.2) is 74.5 Å². The van der Waals surface area contributed by atoms with Crippen LogP contribution < -0.4 is 4.74 Å². The van der Waals surface area contributed by atoms with Crippen molar-refractivity contribution < 1.29 is 19.1 Å². The maximum atomic E-state index is 12.5. The number of ether oxygens (including phenoxy) is 2. The van der Waals surface area contributed by atoms with Crippen LogP contribution in [0.25, 0.3) is 0 Å². The smallest absolute Gasteiger partial charge is 0.222 e. The lowest BCUT2D eigenvalue weighted by Crippen LogP contribution is -2.44. The Kier molecular flexibility index (Phi) is 7.86. The molecule has 0 N–H and O–H groups in total. The van der Waals surface area contributed by atoms with Gasteiger partial charge in [-0.3, -0.25) is 14.5 Å². The summed E-state index contributed by atoms with van der Waals surface area (Å²) in [5.41, 5.74) is 0.678. The second-order valence-electron chi connectivity index (χ2n) is 7.74. The largest absolute Gasteiger partial charge is 0.497 e. The Morgan fingerprint density at radius 1 is 1.04 bits per heavy atom. The summed E-state index contributed by atoms with van der Waals surface area (Å²) in [5, 5.41) is 0. The van der Waals surface area contributed by atoms with Gasteiger partial charge in [-0.25, -0.2) is 0 Å². The monoisotopic (exact) mass is 388 g/mol. The number of methoxy groups -OCH3 is 1. The van der Waals surface area contributed by atoms with Crippen molar-refractivity contribution in [2.75, 3.05) is 53.0 Å². The first-order valence-electron chi connectivity index (χ1n) is 10.4. The zero-order valence-electron chi connectivity index (χ0n) is 16.9. The summed E-state index contributed by atoms with van der Waals surface area (Å²) in [7, 11) is 1.61. The number of rotatable bonds is 8. The van der Waals surface area contributed by atoms with Gasteiger partial charge in [0.05, 0.1) is 20.3 Å². The molecule has 1 aromatic rings. The highest BCUT2D eigenvalue weighted by atomic mass is 16.5. The Bertz CT molecular complexity index is 632. The predicted molar refractivity (Wildman–Crippen MR) is 108 cm³/mol. The van der Waals surface area contributed by atoms with Crippen molar-refractivity contribution in [2.24, 2.45) is 5.92 Å². The highest BCUT2D eigenvalue weighted by molar-refractivity contribution is 5.96. The molecule has 1 aromatic carbocycles. The molecule has 0 saturated carbocycles. The van der Waals surface area contributed by atoms with Gasteiger partial charge in [-0.15, -0.1) is 0 Å². The minimum atomic E-state index is 0.0830. The zero-order chi connectivity index (χ0) is 19.8. The average Bonchev–Trinajstić information content (AvgIpc) is 2.75. The van der Waals surface area contributed by atoms with Crippen molar-refractivity contribution in [3.05, 3.63) is 29.8 Å². The number of benzene rings is 1. The molecule has 2 heterocycles. The number of hydrogen-bond donors (Lipinski definition) is 0. The summed E-state index contributed by atoms with van der Waals surface area (Å²) >= 11 is 0. The molecule has 0 spiro atoms. The highest BCUT2D eigenvalue weighted by Crippen LogP contribution is 2.20. The zero-order valence-corrected chi connectivity index (χ0v) is 16.9. The van der Waals surface area contributed by atoms with E-state index in [0.29, 0.717) is 30.7 Å². The van der Waals surface area contributed by atoms with Gasteiger partial charge in [0, 0.05) is 51.1 Å². The van der Waals surface area contributed by atoms with Gasteiger partial charge in [-0.2, -0.15) is 0 Å². The molecule has 28 heavy (non-hydrogen) atoms. The fourth-order valence-corrected chi connectivity index (χ4v) is 3.99. The Balaban J connectivity index is 1.33. The number of hydrogen-bond acceptors (Lipinski definition) is 5. The van der Waals surface area contributed by atoms with Crippen LogP contribution in [-0.2, 0) is 9.53 Å². The quantitative estimate of drug-likeness (QED) is 0.641. The van der Waals surface area contributed by atoms with Crippen molar-refractivity contribution in [3.8, 4) is 5.75 Å². The van der Waals surface area contributed by atoms with Crippen LogP contribution in [0.1, 0.15) is 42.5 Å². The van der Waals surface area contributed by atoms with Crippen LogP contribution in [0.2, 0.25) is 0 Å². The van der Waals surface area contributed by atoms with E-state index >= 15 is 0 Å². The third-order valence-electron chi connectivity index (χ3n) is 5.79. The van der Waals surface area contributed by atoms with Crippen molar-refractivity contribution in [1.82, 2.24) is 9.80 Å². The number of likely N-dealkylation sites (tertiary alicyclic amines) is 1. The van der Waals surface area contributed by atoms with E-state index < -0.39 is 0 Å². The molecule has 2 aliphatic heterocycles. The molecule has 154 valence electrons. The summed E-state index contributed by atoms with van der Waals surface area (Å²) in [4.78, 5) is 29.2. The van der Waals surface area contributed by atoms with E-state index in [9.17, 15) is 9.59 Å². The first-order valence-corrected chi connectivity index (χ1v) is 10.4. The molecule has 3 rings (SSSR count). The molecule has 2 fully saturated rings. The number of carbonyl (C=O) groups is 2. The van der Waals surface area contributed by atoms with Crippen LogP contribution in [0.3, 0.4) is 0 Å². The van der Waals surface area contributed by atoms with Gasteiger partial charge < -0.3 is 14.4 Å². The molecule has 0 atom stereocenters. The van der Waals surface area contributed by atoms with Crippen LogP contribution >= 0.6 is 0 Å². The molecule has 0 radical (unpaired) electrons. The van der Waals surface area contributed by atoms with Crippen molar-refractivity contribution in [1.29, 1.82) is 0 Å². The highest BCUT2D eigenvalue weighted by Gasteiger charge is 2.24. The number of nitrogens with zero attached hydrogens (tertiary/aromatic N) is 2. The fraction of sp³-hybridized carbons (Fsp3) is 0.636. The fourth-order valence-electron chi connectivity index (χ4n) is 3.99. The molecule has 0 aromatic heterocycles. The van der Waals surface area contributed by atoms with E-state index in [-0.39, 0.29) is 11.7 Å². The lowest BCUT2D eigenvalue weighted by atomic mass is 9.95. The van der Waals surface area contributed by atoms with Gasteiger partial charge in [0.15, 0.2) is 5.78 Å². The molecule has 0 bridgehead atoms. The van der Waals surface area contributed by atoms with Crippen LogP contribution in [0.15, 0.2) is 24.3 Å². The van der Waals surface area contributed by atoms with E-state index in [4.69, 9.17) is 9.47 Å². The number of ketones is 1. The maximum absolute atomic E-state index is 12.5. The Morgan fingerprint density at radius 2 is 1.71 bits per heavy atom. The minimum absolute atomic E-state index is 0.0830. The molecule has 1 amide bonds. The van der Waals surface area contributed by atoms with Gasteiger partial charge in [-0.05, 0) is 49.4 Å². The average molecular weight is 389 g/mol. The molecule has 2 saturated heterocycles. The molecule has 6 heteroatoms. The first-order chi connectivity index (χ1) is 13.7. The third kappa shape index (κ3) is 6.04. The summed E-state index contributed by atoms with van der Waals surface area (Å²) in [6.45, 7) is 6.56. The first kappa shape index (κ1) is 20.8. The Morgan fingerprint density at radius 3 is 2.36 bits per heavy atom. The van der Waals surface area contributed by atoms with Crippen molar-refractivity contribution in [3.63, 3.8) is 0 Å². The van der Waals surface area contributed by atoms with Gasteiger partial charge in [0.25, 0.3) is 0 Å².